The van der Waals surface area contributed by atoms with Crippen LogP contribution >= 0.6 is 23.5 Å². The van der Waals surface area contributed by atoms with E-state index in [0.717, 1.165) is 5.56 Å². The van der Waals surface area contributed by atoms with Gasteiger partial charge in [-0.1, -0.05) is 23.5 Å². The number of nitrogens with two attached hydrogens (primary N) is 2. The van der Waals surface area contributed by atoms with Crippen molar-refractivity contribution in [3.8, 4) is 5.75 Å². The highest BCUT2D eigenvalue weighted by Gasteiger charge is 2.05. The number of thioether (sulfide) groups is 2. The maximum absolute atomic E-state index is 10.2. The van der Waals surface area contributed by atoms with Crippen molar-refractivity contribution < 1.29 is 5.11 Å². The van der Waals surface area contributed by atoms with E-state index >= 15 is 0 Å². The number of phenolic OH excluding ortho intramolecular Hbond substituents is 1. The molecule has 0 fully saturated rings. The fraction of sp³-hybridized carbons (Fsp3) is 0.231. The predicted octanol–water partition coefficient (Wildman–Crippen LogP) is 1.72. The molecule has 0 aliphatic heterocycles. The minimum absolute atomic E-state index is 0.0361. The summed E-state index contributed by atoms with van der Waals surface area (Å²) < 4.78 is 0. The van der Waals surface area contributed by atoms with Crippen molar-refractivity contribution in [3.63, 3.8) is 0 Å². The van der Waals surface area contributed by atoms with E-state index in [-0.39, 0.29) is 5.75 Å². The molecule has 1 aromatic carbocycles. The van der Waals surface area contributed by atoms with Crippen LogP contribution in [-0.4, -0.2) is 40.4 Å². The lowest BCUT2D eigenvalue weighted by molar-refractivity contribution is 0.473. The van der Waals surface area contributed by atoms with Crippen molar-refractivity contribution in [2.24, 2.45) is 31.9 Å². The van der Waals surface area contributed by atoms with Crippen LogP contribution in [0.25, 0.3) is 0 Å². The summed E-state index contributed by atoms with van der Waals surface area (Å²) >= 11 is 2.58. The molecule has 9 heteroatoms. The molecule has 0 atom stereocenters. The number of aryl methyl sites for hydroxylation is 1. The topological polar surface area (TPSA) is 122 Å². The van der Waals surface area contributed by atoms with Crippen LogP contribution in [0.4, 0.5) is 0 Å². The summed E-state index contributed by atoms with van der Waals surface area (Å²) in [7, 11) is 0. The van der Waals surface area contributed by atoms with Gasteiger partial charge < -0.3 is 16.6 Å². The second-order valence-electron chi connectivity index (χ2n) is 4.07. The number of benzene rings is 1. The third-order valence-electron chi connectivity index (χ3n) is 2.44. The van der Waals surface area contributed by atoms with E-state index in [4.69, 9.17) is 11.5 Å². The molecular formula is C13H18N6OS2. The number of phenols is 1. The van der Waals surface area contributed by atoms with Crippen molar-refractivity contribution in [2.75, 3.05) is 12.5 Å². The smallest absolute Gasteiger partial charge is 0.180 e. The van der Waals surface area contributed by atoms with Crippen molar-refractivity contribution >= 4 is 46.3 Å². The maximum Gasteiger partial charge on any atom is 0.180 e. The van der Waals surface area contributed by atoms with Crippen molar-refractivity contribution in [3.05, 3.63) is 28.8 Å². The quantitative estimate of drug-likeness (QED) is 0.438. The van der Waals surface area contributed by atoms with E-state index in [9.17, 15) is 5.11 Å². The highest BCUT2D eigenvalue weighted by atomic mass is 32.2. The Morgan fingerprint density at radius 2 is 1.41 bits per heavy atom. The molecule has 1 aromatic rings. The molecule has 0 unspecified atom stereocenters. The number of amidine groups is 2. The summed E-state index contributed by atoms with van der Waals surface area (Å²) in [5.41, 5.74) is 13.0. The molecule has 0 aromatic heterocycles. The highest BCUT2D eigenvalue weighted by Crippen LogP contribution is 2.22. The molecule has 0 saturated carbocycles. The summed E-state index contributed by atoms with van der Waals surface area (Å²) in [5, 5.41) is 26.1. The van der Waals surface area contributed by atoms with Gasteiger partial charge in [0.1, 0.15) is 5.75 Å². The minimum atomic E-state index is 0.0361. The van der Waals surface area contributed by atoms with Gasteiger partial charge in [-0.25, -0.2) is 0 Å². The van der Waals surface area contributed by atoms with E-state index < -0.39 is 0 Å². The van der Waals surface area contributed by atoms with Gasteiger partial charge in [0.05, 0.1) is 12.4 Å². The highest BCUT2D eigenvalue weighted by molar-refractivity contribution is 8.13. The molecule has 0 amide bonds. The summed E-state index contributed by atoms with van der Waals surface area (Å²) in [6, 6.07) is 3.56. The molecule has 0 heterocycles. The van der Waals surface area contributed by atoms with E-state index in [1.807, 2.05) is 6.92 Å². The first kappa shape index (κ1) is 18.1. The van der Waals surface area contributed by atoms with E-state index in [1.54, 1.807) is 24.6 Å². The van der Waals surface area contributed by atoms with E-state index in [0.29, 0.717) is 21.5 Å². The lowest BCUT2D eigenvalue weighted by Crippen LogP contribution is -2.04. The Bertz CT molecular complexity index is 588. The molecule has 0 aliphatic rings. The Morgan fingerprint density at radius 3 is 1.77 bits per heavy atom. The number of nitrogens with zero attached hydrogens (tertiary/aromatic N) is 4. The van der Waals surface area contributed by atoms with Crippen LogP contribution in [0.15, 0.2) is 32.5 Å². The van der Waals surface area contributed by atoms with Crippen molar-refractivity contribution in [1.82, 2.24) is 0 Å². The molecule has 5 N–H and O–H groups in total. The molecule has 0 saturated heterocycles. The lowest BCUT2D eigenvalue weighted by Gasteiger charge is -2.04. The van der Waals surface area contributed by atoms with Gasteiger partial charge >= 0.3 is 0 Å². The first-order chi connectivity index (χ1) is 10.5. The average Bonchev–Trinajstić information content (AvgIpc) is 2.50. The van der Waals surface area contributed by atoms with Gasteiger partial charge in [-0.15, -0.1) is 10.2 Å². The Balaban J connectivity index is 3.07. The van der Waals surface area contributed by atoms with Gasteiger partial charge in [0, 0.05) is 11.1 Å². The fourth-order valence-electron chi connectivity index (χ4n) is 1.41. The molecule has 22 heavy (non-hydrogen) atoms. The van der Waals surface area contributed by atoms with E-state index in [2.05, 4.69) is 20.4 Å². The number of hydrogen-bond donors (Lipinski definition) is 3. The number of rotatable bonds is 4. The van der Waals surface area contributed by atoms with Crippen molar-refractivity contribution in [2.45, 2.75) is 6.92 Å². The fourth-order valence-corrected chi connectivity index (χ4v) is 1.67. The first-order valence-electron chi connectivity index (χ1n) is 6.12. The van der Waals surface area contributed by atoms with Crippen LogP contribution < -0.4 is 11.5 Å². The zero-order chi connectivity index (χ0) is 16.5. The predicted molar refractivity (Wildman–Crippen MR) is 98.3 cm³/mol. The number of hydrogen-bond acceptors (Lipinski definition) is 7. The Labute approximate surface area is 137 Å². The van der Waals surface area contributed by atoms with E-state index in [1.165, 1.54) is 36.0 Å². The molecule has 0 bridgehead atoms. The molecular weight excluding hydrogens is 320 g/mol. The van der Waals surface area contributed by atoms with Gasteiger partial charge in [0.25, 0.3) is 0 Å². The minimum Gasteiger partial charge on any atom is -0.507 e. The molecule has 0 aliphatic carbocycles. The zero-order valence-electron chi connectivity index (χ0n) is 12.5. The normalized spacial score (nSPS) is 13.4. The third kappa shape index (κ3) is 5.78. The Morgan fingerprint density at radius 1 is 1.00 bits per heavy atom. The van der Waals surface area contributed by atoms with Gasteiger partial charge in [-0.3, -0.25) is 0 Å². The third-order valence-corrected chi connectivity index (χ3v) is 3.44. The van der Waals surface area contributed by atoms with Gasteiger partial charge in [0.2, 0.25) is 0 Å². The van der Waals surface area contributed by atoms with Gasteiger partial charge in [-0.05, 0) is 37.1 Å². The lowest BCUT2D eigenvalue weighted by atomic mass is 10.1. The largest absolute Gasteiger partial charge is 0.507 e. The first-order valence-corrected chi connectivity index (χ1v) is 8.57. The second-order valence-corrected chi connectivity index (χ2v) is 5.72. The molecule has 118 valence electrons. The Kier molecular flexibility index (Phi) is 7.47. The zero-order valence-corrected chi connectivity index (χ0v) is 14.1. The Hall–Kier alpha value is -2.00. The number of aromatic hydroxyl groups is 1. The standard InChI is InChI=1S/C13H18N6OS2/c1-8-4-9(6-16-18-12(14)21-2)11(20)10(5-8)7-17-19-13(15)22-3/h4-7,20H,1-3H3,(H2,14,18)(H2,15,19)/b16-6-,17-7-. The molecule has 7 nitrogen and oxygen atoms in total. The van der Waals surface area contributed by atoms with Gasteiger partial charge in [0.15, 0.2) is 10.3 Å². The van der Waals surface area contributed by atoms with Crippen molar-refractivity contribution in [1.29, 1.82) is 0 Å². The summed E-state index contributed by atoms with van der Waals surface area (Å²) in [5.74, 6) is 0.0361. The van der Waals surface area contributed by atoms with Crippen LogP contribution in [0, 0.1) is 6.92 Å². The van der Waals surface area contributed by atoms with Crippen LogP contribution in [0.5, 0.6) is 5.75 Å². The monoisotopic (exact) mass is 338 g/mol. The van der Waals surface area contributed by atoms with Gasteiger partial charge in [-0.2, -0.15) is 10.2 Å². The summed E-state index contributed by atoms with van der Waals surface area (Å²) in [4.78, 5) is 0. The van der Waals surface area contributed by atoms with Crippen LogP contribution in [0.3, 0.4) is 0 Å². The summed E-state index contributed by atoms with van der Waals surface area (Å²) in [6.45, 7) is 1.90. The van der Waals surface area contributed by atoms with Crippen LogP contribution in [0.1, 0.15) is 16.7 Å². The summed E-state index contributed by atoms with van der Waals surface area (Å²) in [6.07, 6.45) is 6.46. The molecule has 0 radical (unpaired) electrons. The molecule has 1 rings (SSSR count). The average molecular weight is 338 g/mol. The SMILES string of the molecule is CSC(N)=N/N=C\c1cc(C)cc(/C=N\N=C(N)SC)c1O. The van der Waals surface area contributed by atoms with Crippen LogP contribution in [0.2, 0.25) is 0 Å². The maximum atomic E-state index is 10.2. The second kappa shape index (κ2) is 9.11. The van der Waals surface area contributed by atoms with Crippen LogP contribution in [-0.2, 0) is 0 Å². The molecule has 0 spiro atoms.